The molecule has 146 valence electrons. The highest BCUT2D eigenvalue weighted by atomic mass is 32.2. The molecule has 1 aromatic carbocycles. The fourth-order valence-electron chi connectivity index (χ4n) is 3.44. The molecule has 0 spiro atoms. The number of pyridine rings is 1. The fraction of sp³-hybridized carbons (Fsp3) is 0.381. The van der Waals surface area contributed by atoms with E-state index < -0.39 is 0 Å². The number of aromatic nitrogens is 1. The molecule has 2 fully saturated rings. The number of para-hydroxylation sites is 1. The predicted octanol–water partition coefficient (Wildman–Crippen LogP) is 4.07. The second kappa shape index (κ2) is 8.19. The molecule has 1 aromatic heterocycles. The van der Waals surface area contributed by atoms with Crippen molar-refractivity contribution < 1.29 is 9.53 Å². The maximum Gasteiger partial charge on any atom is 0.266 e. The Morgan fingerprint density at radius 3 is 2.82 bits per heavy atom. The van der Waals surface area contributed by atoms with Gasteiger partial charge in [0.2, 0.25) is 0 Å². The molecule has 2 aliphatic rings. The lowest BCUT2D eigenvalue weighted by Crippen LogP contribution is -2.37. The van der Waals surface area contributed by atoms with Crippen LogP contribution in [0, 0.1) is 0 Å². The standard InChI is InChI=1S/C21H23N3O2S2/c1-3-14(2)24-20(25)18(28-21(24)27)13-16-12-15-6-4-5-7-17(15)22-19(16)23-8-10-26-11-9-23/h4-7,12-14H,3,8-11H2,1-2H3/b18-13-/t14-/m1/s1. The monoisotopic (exact) mass is 413 g/mol. The zero-order valence-electron chi connectivity index (χ0n) is 16.1. The van der Waals surface area contributed by atoms with Gasteiger partial charge in [-0.15, -0.1) is 0 Å². The topological polar surface area (TPSA) is 45.7 Å². The lowest BCUT2D eigenvalue weighted by atomic mass is 10.1. The Bertz CT molecular complexity index is 954. The summed E-state index contributed by atoms with van der Waals surface area (Å²) in [4.78, 5) is 22.5. The number of carbonyl (C=O) groups excluding carboxylic acids is 1. The van der Waals surface area contributed by atoms with Crippen LogP contribution in [0.15, 0.2) is 35.2 Å². The van der Waals surface area contributed by atoms with Gasteiger partial charge in [-0.05, 0) is 31.6 Å². The van der Waals surface area contributed by atoms with Crippen LogP contribution in [0.3, 0.4) is 0 Å². The van der Waals surface area contributed by atoms with Gasteiger partial charge in [0.05, 0.1) is 23.6 Å². The third kappa shape index (κ3) is 3.66. The molecular weight excluding hydrogens is 390 g/mol. The van der Waals surface area contributed by atoms with E-state index in [2.05, 4.69) is 17.9 Å². The van der Waals surface area contributed by atoms with E-state index in [0.717, 1.165) is 41.8 Å². The lowest BCUT2D eigenvalue weighted by Gasteiger charge is -2.29. The highest BCUT2D eigenvalue weighted by Gasteiger charge is 2.35. The summed E-state index contributed by atoms with van der Waals surface area (Å²) < 4.78 is 6.13. The lowest BCUT2D eigenvalue weighted by molar-refractivity contribution is -0.123. The minimum atomic E-state index is -0.00886. The van der Waals surface area contributed by atoms with Crippen LogP contribution in [0.1, 0.15) is 25.8 Å². The van der Waals surface area contributed by atoms with Gasteiger partial charge in [0.1, 0.15) is 10.1 Å². The van der Waals surface area contributed by atoms with Crippen LogP contribution in [0.5, 0.6) is 0 Å². The van der Waals surface area contributed by atoms with E-state index in [1.165, 1.54) is 11.8 Å². The summed E-state index contributed by atoms with van der Waals surface area (Å²) in [5.41, 5.74) is 1.90. The summed E-state index contributed by atoms with van der Waals surface area (Å²) in [5.74, 6) is 0.890. The molecule has 28 heavy (non-hydrogen) atoms. The number of amides is 1. The predicted molar refractivity (Wildman–Crippen MR) is 120 cm³/mol. The van der Waals surface area contributed by atoms with Gasteiger partial charge in [0.15, 0.2) is 0 Å². The second-order valence-corrected chi connectivity index (χ2v) is 8.68. The van der Waals surface area contributed by atoms with Crippen LogP contribution in [0.4, 0.5) is 5.82 Å². The SMILES string of the molecule is CC[C@@H](C)N1C(=O)/C(=C/c2cc3ccccc3nc2N2CCOCC2)SC1=S. The number of benzene rings is 1. The Balaban J connectivity index is 1.78. The largest absolute Gasteiger partial charge is 0.378 e. The van der Waals surface area contributed by atoms with Gasteiger partial charge in [-0.3, -0.25) is 9.69 Å². The first-order valence-corrected chi connectivity index (χ1v) is 10.8. The quantitative estimate of drug-likeness (QED) is 0.556. The molecule has 1 atom stereocenters. The van der Waals surface area contributed by atoms with Crippen molar-refractivity contribution in [3.05, 3.63) is 40.8 Å². The fourth-order valence-corrected chi connectivity index (χ4v) is 4.89. The molecule has 0 radical (unpaired) electrons. The summed E-state index contributed by atoms with van der Waals surface area (Å²) in [6.07, 6.45) is 2.82. The third-order valence-electron chi connectivity index (χ3n) is 5.18. The average molecular weight is 414 g/mol. The summed E-state index contributed by atoms with van der Waals surface area (Å²) in [6.45, 7) is 7.05. The van der Waals surface area contributed by atoms with E-state index in [1.54, 1.807) is 4.90 Å². The molecule has 2 aromatic rings. The number of anilines is 1. The number of nitrogens with zero attached hydrogens (tertiary/aromatic N) is 3. The number of thioether (sulfide) groups is 1. The van der Waals surface area contributed by atoms with Gasteiger partial charge in [-0.2, -0.15) is 0 Å². The molecule has 5 nitrogen and oxygen atoms in total. The summed E-state index contributed by atoms with van der Waals surface area (Å²) in [5, 5.41) is 1.06. The molecule has 3 heterocycles. The van der Waals surface area contributed by atoms with Gasteiger partial charge in [-0.1, -0.05) is 49.1 Å². The number of thiocarbonyl (C=S) groups is 1. The number of hydrogen-bond acceptors (Lipinski definition) is 6. The van der Waals surface area contributed by atoms with Crippen molar-refractivity contribution in [1.82, 2.24) is 9.88 Å². The van der Waals surface area contributed by atoms with Crippen LogP contribution in [-0.2, 0) is 9.53 Å². The number of hydrogen-bond donors (Lipinski definition) is 0. The van der Waals surface area contributed by atoms with Crippen molar-refractivity contribution in [2.45, 2.75) is 26.3 Å². The van der Waals surface area contributed by atoms with Gasteiger partial charge in [-0.25, -0.2) is 4.98 Å². The maximum absolute atomic E-state index is 13.0. The Hall–Kier alpha value is -1.96. The third-order valence-corrected chi connectivity index (χ3v) is 6.52. The molecule has 2 saturated heterocycles. The number of fused-ring (bicyclic) bond motifs is 1. The highest BCUT2D eigenvalue weighted by Crippen LogP contribution is 2.36. The summed E-state index contributed by atoms with van der Waals surface area (Å²) in [6, 6.07) is 10.3. The number of morpholine rings is 1. The minimum absolute atomic E-state index is 0.00886. The molecule has 0 N–H and O–H groups in total. The Labute approximate surface area is 174 Å². The van der Waals surface area contributed by atoms with Crippen molar-refractivity contribution in [1.29, 1.82) is 0 Å². The van der Waals surface area contributed by atoms with Gasteiger partial charge in [0, 0.05) is 30.1 Å². The maximum atomic E-state index is 13.0. The first-order valence-electron chi connectivity index (χ1n) is 9.58. The van der Waals surface area contributed by atoms with Crippen LogP contribution in [0.25, 0.3) is 17.0 Å². The molecule has 2 aliphatic heterocycles. The van der Waals surface area contributed by atoms with Crippen molar-refractivity contribution in [3.8, 4) is 0 Å². The zero-order chi connectivity index (χ0) is 19.7. The number of rotatable bonds is 4. The summed E-state index contributed by atoms with van der Waals surface area (Å²) >= 11 is 6.85. The van der Waals surface area contributed by atoms with Gasteiger partial charge >= 0.3 is 0 Å². The van der Waals surface area contributed by atoms with E-state index in [-0.39, 0.29) is 11.9 Å². The van der Waals surface area contributed by atoms with E-state index in [0.29, 0.717) is 22.4 Å². The normalized spacial score (nSPS) is 20.4. The van der Waals surface area contributed by atoms with Crippen molar-refractivity contribution in [2.24, 2.45) is 0 Å². The minimum Gasteiger partial charge on any atom is -0.378 e. The Morgan fingerprint density at radius 2 is 2.07 bits per heavy atom. The summed E-state index contributed by atoms with van der Waals surface area (Å²) in [7, 11) is 0. The Kier molecular flexibility index (Phi) is 5.66. The van der Waals surface area contributed by atoms with Crippen LogP contribution in [0.2, 0.25) is 0 Å². The zero-order valence-corrected chi connectivity index (χ0v) is 17.7. The van der Waals surface area contributed by atoms with E-state index in [9.17, 15) is 4.79 Å². The Morgan fingerprint density at radius 1 is 1.32 bits per heavy atom. The molecule has 1 amide bonds. The van der Waals surface area contributed by atoms with Crippen LogP contribution < -0.4 is 4.90 Å². The van der Waals surface area contributed by atoms with E-state index >= 15 is 0 Å². The van der Waals surface area contributed by atoms with Gasteiger partial charge < -0.3 is 9.64 Å². The highest BCUT2D eigenvalue weighted by molar-refractivity contribution is 8.26. The molecule has 0 aliphatic carbocycles. The van der Waals surface area contributed by atoms with Crippen molar-refractivity contribution >= 4 is 57.0 Å². The molecule has 0 saturated carbocycles. The molecular formula is C21H23N3O2S2. The molecule has 0 unspecified atom stereocenters. The number of ether oxygens (including phenoxy) is 1. The molecule has 4 rings (SSSR count). The molecule has 7 heteroatoms. The van der Waals surface area contributed by atoms with Crippen LogP contribution >= 0.6 is 24.0 Å². The smallest absolute Gasteiger partial charge is 0.266 e. The van der Waals surface area contributed by atoms with E-state index in [1.807, 2.05) is 37.3 Å². The molecule has 0 bridgehead atoms. The first-order chi connectivity index (χ1) is 13.6. The van der Waals surface area contributed by atoms with Crippen molar-refractivity contribution in [2.75, 3.05) is 31.2 Å². The number of carbonyl (C=O) groups is 1. The van der Waals surface area contributed by atoms with Crippen molar-refractivity contribution in [3.63, 3.8) is 0 Å². The second-order valence-electron chi connectivity index (χ2n) is 7.00. The average Bonchev–Trinajstić information content (AvgIpc) is 3.00. The van der Waals surface area contributed by atoms with Gasteiger partial charge in [0.25, 0.3) is 5.91 Å². The first kappa shape index (κ1) is 19.4. The van der Waals surface area contributed by atoms with E-state index in [4.69, 9.17) is 21.9 Å². The van der Waals surface area contributed by atoms with Crippen LogP contribution in [-0.4, -0.2) is 52.5 Å².